The van der Waals surface area contributed by atoms with Crippen molar-refractivity contribution in [3.63, 3.8) is 0 Å². The van der Waals surface area contributed by atoms with Gasteiger partial charge in [-0.1, -0.05) is 18.5 Å². The Bertz CT molecular complexity index is 448. The Morgan fingerprint density at radius 3 is 2.80 bits per heavy atom. The summed E-state index contributed by atoms with van der Waals surface area (Å²) in [6.45, 7) is 7.42. The van der Waals surface area contributed by atoms with Gasteiger partial charge in [-0.3, -0.25) is 9.48 Å². The summed E-state index contributed by atoms with van der Waals surface area (Å²) in [5, 5.41) is 8.15. The number of aromatic nitrogens is 2. The molecule has 1 atom stereocenters. The Morgan fingerprint density at radius 2 is 2.30 bits per heavy atom. The van der Waals surface area contributed by atoms with E-state index in [2.05, 4.69) is 17.3 Å². The number of esters is 1. The molecule has 1 unspecified atom stereocenters. The van der Waals surface area contributed by atoms with Gasteiger partial charge < -0.3 is 10.1 Å². The second-order valence-electron chi connectivity index (χ2n) is 5.16. The first-order valence-corrected chi connectivity index (χ1v) is 7.33. The lowest BCUT2D eigenvalue weighted by atomic mass is 9.95. The molecular weight excluding hydrogens is 278 g/mol. The van der Waals surface area contributed by atoms with Crippen LogP contribution in [-0.2, 0) is 16.1 Å². The molecule has 0 aliphatic heterocycles. The SMILES string of the molecule is CCCNC(C)(CCCn1ncc(Cl)c1C)C(=O)OC. The van der Waals surface area contributed by atoms with Gasteiger partial charge in [-0.15, -0.1) is 0 Å². The van der Waals surface area contributed by atoms with E-state index in [-0.39, 0.29) is 5.97 Å². The Balaban J connectivity index is 2.58. The summed E-state index contributed by atoms with van der Waals surface area (Å²) >= 11 is 5.97. The van der Waals surface area contributed by atoms with Crippen LogP contribution in [0.4, 0.5) is 0 Å². The first-order chi connectivity index (χ1) is 9.44. The molecule has 1 heterocycles. The van der Waals surface area contributed by atoms with Gasteiger partial charge in [0.25, 0.3) is 0 Å². The second-order valence-corrected chi connectivity index (χ2v) is 5.56. The van der Waals surface area contributed by atoms with E-state index in [0.717, 1.165) is 31.6 Å². The minimum atomic E-state index is -0.643. The standard InChI is InChI=1S/C14H24ClN3O2/c1-5-8-16-14(3,13(19)20-4)7-6-9-18-11(2)12(15)10-17-18/h10,16H,5-9H2,1-4H3. The molecule has 0 spiro atoms. The molecule has 1 rings (SSSR count). The van der Waals surface area contributed by atoms with Crippen molar-refractivity contribution in [2.24, 2.45) is 0 Å². The molecule has 6 heteroatoms. The summed E-state index contributed by atoms with van der Waals surface area (Å²) in [4.78, 5) is 11.9. The van der Waals surface area contributed by atoms with Crippen LogP contribution in [0.2, 0.25) is 5.02 Å². The van der Waals surface area contributed by atoms with Crippen molar-refractivity contribution in [2.45, 2.75) is 52.1 Å². The van der Waals surface area contributed by atoms with E-state index in [1.54, 1.807) is 6.20 Å². The molecule has 1 aromatic rings. The minimum Gasteiger partial charge on any atom is -0.468 e. The average Bonchev–Trinajstić information content (AvgIpc) is 2.76. The molecule has 0 aromatic carbocycles. The van der Waals surface area contributed by atoms with Crippen molar-refractivity contribution in [2.75, 3.05) is 13.7 Å². The zero-order valence-corrected chi connectivity index (χ0v) is 13.5. The van der Waals surface area contributed by atoms with Crippen LogP contribution in [0.25, 0.3) is 0 Å². The fourth-order valence-electron chi connectivity index (χ4n) is 2.12. The van der Waals surface area contributed by atoms with Gasteiger partial charge in [0, 0.05) is 6.54 Å². The number of hydrogen-bond acceptors (Lipinski definition) is 4. The maximum Gasteiger partial charge on any atom is 0.325 e. The van der Waals surface area contributed by atoms with Gasteiger partial charge in [-0.2, -0.15) is 5.10 Å². The topological polar surface area (TPSA) is 56.2 Å². The zero-order valence-electron chi connectivity index (χ0n) is 12.7. The van der Waals surface area contributed by atoms with Crippen molar-refractivity contribution < 1.29 is 9.53 Å². The van der Waals surface area contributed by atoms with Gasteiger partial charge >= 0.3 is 5.97 Å². The Kier molecular flexibility index (Phi) is 6.49. The van der Waals surface area contributed by atoms with E-state index in [4.69, 9.17) is 16.3 Å². The van der Waals surface area contributed by atoms with Gasteiger partial charge in [-0.25, -0.2) is 0 Å². The molecule has 114 valence electrons. The number of aryl methyl sites for hydroxylation is 1. The lowest BCUT2D eigenvalue weighted by molar-refractivity contribution is -0.148. The molecule has 0 bridgehead atoms. The fourth-order valence-corrected chi connectivity index (χ4v) is 2.26. The molecule has 0 saturated carbocycles. The first kappa shape index (κ1) is 17.0. The number of hydrogen-bond donors (Lipinski definition) is 1. The first-order valence-electron chi connectivity index (χ1n) is 6.96. The predicted molar refractivity (Wildman–Crippen MR) is 79.9 cm³/mol. The number of nitrogens with one attached hydrogen (secondary N) is 1. The number of rotatable bonds is 8. The third-order valence-electron chi connectivity index (χ3n) is 3.49. The molecule has 0 fully saturated rings. The third-order valence-corrected chi connectivity index (χ3v) is 3.86. The summed E-state index contributed by atoms with van der Waals surface area (Å²) < 4.78 is 6.76. The highest BCUT2D eigenvalue weighted by molar-refractivity contribution is 6.31. The zero-order chi connectivity index (χ0) is 15.2. The highest BCUT2D eigenvalue weighted by Gasteiger charge is 2.32. The fraction of sp³-hybridized carbons (Fsp3) is 0.714. The molecule has 0 radical (unpaired) electrons. The van der Waals surface area contributed by atoms with Gasteiger partial charge in [-0.05, 0) is 39.7 Å². The maximum absolute atomic E-state index is 11.9. The number of halogens is 1. The van der Waals surface area contributed by atoms with Crippen molar-refractivity contribution in [1.82, 2.24) is 15.1 Å². The highest BCUT2D eigenvalue weighted by Crippen LogP contribution is 2.18. The largest absolute Gasteiger partial charge is 0.468 e. The van der Waals surface area contributed by atoms with E-state index in [0.29, 0.717) is 11.4 Å². The number of methoxy groups -OCH3 is 1. The smallest absolute Gasteiger partial charge is 0.325 e. The molecule has 1 N–H and O–H groups in total. The number of carbonyl (C=O) groups is 1. The molecule has 20 heavy (non-hydrogen) atoms. The van der Waals surface area contributed by atoms with Crippen LogP contribution in [0, 0.1) is 6.92 Å². The van der Waals surface area contributed by atoms with Crippen LogP contribution in [0.3, 0.4) is 0 Å². The average molecular weight is 302 g/mol. The number of ether oxygens (including phenoxy) is 1. The Morgan fingerprint density at radius 1 is 1.60 bits per heavy atom. The van der Waals surface area contributed by atoms with Gasteiger partial charge in [0.15, 0.2) is 0 Å². The number of nitrogens with zero attached hydrogens (tertiary/aromatic N) is 2. The Hall–Kier alpha value is -1.07. The van der Waals surface area contributed by atoms with Crippen LogP contribution in [-0.4, -0.2) is 34.9 Å². The molecule has 1 aromatic heterocycles. The minimum absolute atomic E-state index is 0.221. The van der Waals surface area contributed by atoms with Crippen molar-refractivity contribution >= 4 is 17.6 Å². The second kappa shape index (κ2) is 7.64. The van der Waals surface area contributed by atoms with Crippen molar-refractivity contribution in [1.29, 1.82) is 0 Å². The molecule has 0 amide bonds. The van der Waals surface area contributed by atoms with Crippen molar-refractivity contribution in [3.05, 3.63) is 16.9 Å². The molecular formula is C14H24ClN3O2. The van der Waals surface area contributed by atoms with Crippen LogP contribution in [0.5, 0.6) is 0 Å². The molecule has 0 saturated heterocycles. The number of carbonyl (C=O) groups excluding carboxylic acids is 1. The summed E-state index contributed by atoms with van der Waals surface area (Å²) in [6.07, 6.45) is 4.13. The van der Waals surface area contributed by atoms with Gasteiger partial charge in [0.05, 0.1) is 24.0 Å². The predicted octanol–water partition coefficient (Wildman–Crippen LogP) is 2.56. The Labute approximate surface area is 125 Å². The third kappa shape index (κ3) is 4.21. The van der Waals surface area contributed by atoms with Crippen LogP contribution in [0.1, 0.15) is 38.8 Å². The van der Waals surface area contributed by atoms with Gasteiger partial charge in [0.1, 0.15) is 5.54 Å². The van der Waals surface area contributed by atoms with E-state index in [9.17, 15) is 4.79 Å². The van der Waals surface area contributed by atoms with E-state index < -0.39 is 5.54 Å². The summed E-state index contributed by atoms with van der Waals surface area (Å²) in [6, 6.07) is 0. The molecule has 0 aliphatic rings. The van der Waals surface area contributed by atoms with E-state index in [1.165, 1.54) is 7.11 Å². The normalized spacial score (nSPS) is 14.1. The van der Waals surface area contributed by atoms with E-state index >= 15 is 0 Å². The lowest BCUT2D eigenvalue weighted by Crippen LogP contribution is -2.50. The summed E-state index contributed by atoms with van der Waals surface area (Å²) in [5.41, 5.74) is 0.309. The van der Waals surface area contributed by atoms with Crippen LogP contribution < -0.4 is 5.32 Å². The summed E-state index contributed by atoms with van der Waals surface area (Å²) in [7, 11) is 1.42. The van der Waals surface area contributed by atoms with E-state index in [1.807, 2.05) is 18.5 Å². The highest BCUT2D eigenvalue weighted by atomic mass is 35.5. The molecule has 0 aliphatic carbocycles. The maximum atomic E-state index is 11.9. The van der Waals surface area contributed by atoms with Crippen LogP contribution >= 0.6 is 11.6 Å². The monoisotopic (exact) mass is 301 g/mol. The quantitative estimate of drug-likeness (QED) is 0.750. The lowest BCUT2D eigenvalue weighted by Gasteiger charge is -2.28. The van der Waals surface area contributed by atoms with Gasteiger partial charge in [0.2, 0.25) is 0 Å². The summed E-state index contributed by atoms with van der Waals surface area (Å²) in [5.74, 6) is -0.221. The van der Waals surface area contributed by atoms with Crippen LogP contribution in [0.15, 0.2) is 6.20 Å². The van der Waals surface area contributed by atoms with Crippen molar-refractivity contribution in [3.8, 4) is 0 Å². The molecule has 5 nitrogen and oxygen atoms in total.